The van der Waals surface area contributed by atoms with Crippen LogP contribution in [0.5, 0.6) is 0 Å². The van der Waals surface area contributed by atoms with Crippen LogP contribution < -0.4 is 5.32 Å². The van der Waals surface area contributed by atoms with Crippen molar-refractivity contribution in [3.8, 4) is 0 Å². The van der Waals surface area contributed by atoms with E-state index >= 15 is 0 Å². The highest BCUT2D eigenvalue weighted by molar-refractivity contribution is 5.33. The zero-order valence-corrected chi connectivity index (χ0v) is 9.72. The largest absolute Gasteiger partial charge is 0.361 e. The van der Waals surface area contributed by atoms with Gasteiger partial charge in [-0.2, -0.15) is 0 Å². The van der Waals surface area contributed by atoms with Crippen LogP contribution in [0.3, 0.4) is 0 Å². The molecule has 0 aliphatic carbocycles. The Balaban J connectivity index is 2.21. The summed E-state index contributed by atoms with van der Waals surface area (Å²) in [5.74, 6) is 1.43. The van der Waals surface area contributed by atoms with Gasteiger partial charge in [-0.05, 0) is 31.2 Å². The molecule has 0 aromatic carbocycles. The van der Waals surface area contributed by atoms with Crippen LogP contribution in [0.2, 0.25) is 0 Å². The van der Waals surface area contributed by atoms with Gasteiger partial charge in [0.2, 0.25) is 5.95 Å². The highest BCUT2D eigenvalue weighted by Crippen LogP contribution is 2.23. The fraction of sp³-hybridized carbons (Fsp3) is 0.556. The molecule has 7 heteroatoms. The van der Waals surface area contributed by atoms with Crippen molar-refractivity contribution in [2.24, 2.45) is 7.05 Å². The summed E-state index contributed by atoms with van der Waals surface area (Å²) in [5.41, 5.74) is 1.93. The molecular formula is C9H14N6O. The molecule has 16 heavy (non-hydrogen) atoms. The molecule has 0 amide bonds. The van der Waals surface area contributed by atoms with Gasteiger partial charge in [0.1, 0.15) is 5.76 Å². The number of nitrogens with one attached hydrogen (secondary N) is 1. The smallest absolute Gasteiger partial charge is 0.243 e. The van der Waals surface area contributed by atoms with Gasteiger partial charge in [0.05, 0.1) is 11.7 Å². The first-order valence-corrected chi connectivity index (χ1v) is 5.01. The molecule has 0 saturated heterocycles. The Morgan fingerprint density at radius 2 is 2.12 bits per heavy atom. The van der Waals surface area contributed by atoms with Crippen LogP contribution >= 0.6 is 0 Å². The van der Waals surface area contributed by atoms with E-state index in [1.807, 2.05) is 20.8 Å². The molecule has 0 aliphatic rings. The molecule has 2 aromatic heterocycles. The van der Waals surface area contributed by atoms with Gasteiger partial charge < -0.3 is 9.84 Å². The average molecular weight is 222 g/mol. The lowest BCUT2D eigenvalue weighted by Gasteiger charge is -2.12. The molecule has 2 heterocycles. The number of aryl methyl sites for hydroxylation is 3. The van der Waals surface area contributed by atoms with E-state index in [0.29, 0.717) is 5.95 Å². The van der Waals surface area contributed by atoms with Crippen molar-refractivity contribution in [3.05, 3.63) is 17.0 Å². The third-order valence-corrected chi connectivity index (χ3v) is 2.49. The second-order valence-electron chi connectivity index (χ2n) is 3.73. The number of hydrogen-bond acceptors (Lipinski definition) is 6. The van der Waals surface area contributed by atoms with E-state index in [1.54, 1.807) is 11.7 Å². The maximum absolute atomic E-state index is 5.12. The standard InChI is InChI=1S/C9H14N6O/c1-5(8-6(2)12-16-7(8)3)10-9-11-13-14-15(9)4/h5H,1-4H3,(H,10,11,14). The van der Waals surface area contributed by atoms with Gasteiger partial charge in [-0.1, -0.05) is 10.3 Å². The van der Waals surface area contributed by atoms with Crippen LogP contribution in [0, 0.1) is 13.8 Å². The number of nitrogens with zero attached hydrogens (tertiary/aromatic N) is 5. The van der Waals surface area contributed by atoms with Crippen LogP contribution in [0.15, 0.2) is 4.52 Å². The summed E-state index contributed by atoms with van der Waals surface area (Å²) in [6.45, 7) is 5.82. The molecule has 2 aromatic rings. The Hall–Kier alpha value is -1.92. The van der Waals surface area contributed by atoms with Crippen LogP contribution in [0.4, 0.5) is 5.95 Å². The van der Waals surface area contributed by atoms with Crippen LogP contribution in [-0.4, -0.2) is 25.4 Å². The van der Waals surface area contributed by atoms with Gasteiger partial charge in [-0.3, -0.25) is 0 Å². The quantitative estimate of drug-likeness (QED) is 0.833. The molecule has 0 aliphatic heterocycles. The second kappa shape index (κ2) is 3.92. The third-order valence-electron chi connectivity index (χ3n) is 2.49. The lowest BCUT2D eigenvalue weighted by Crippen LogP contribution is -2.12. The van der Waals surface area contributed by atoms with Gasteiger partial charge in [-0.15, -0.1) is 0 Å². The summed E-state index contributed by atoms with van der Waals surface area (Å²) >= 11 is 0. The lowest BCUT2D eigenvalue weighted by atomic mass is 10.1. The van der Waals surface area contributed by atoms with Crippen molar-refractivity contribution in [1.29, 1.82) is 0 Å². The van der Waals surface area contributed by atoms with Gasteiger partial charge in [-0.25, -0.2) is 4.68 Å². The minimum atomic E-state index is 0.0518. The summed E-state index contributed by atoms with van der Waals surface area (Å²) in [6, 6.07) is 0.0518. The summed E-state index contributed by atoms with van der Waals surface area (Å²) in [5, 5.41) is 18.3. The van der Waals surface area contributed by atoms with E-state index in [1.165, 1.54) is 0 Å². The lowest BCUT2D eigenvalue weighted by molar-refractivity contribution is 0.392. The molecule has 0 spiro atoms. The van der Waals surface area contributed by atoms with Crippen molar-refractivity contribution in [1.82, 2.24) is 25.4 Å². The van der Waals surface area contributed by atoms with Crippen LogP contribution in [0.1, 0.15) is 30.0 Å². The fourth-order valence-electron chi connectivity index (χ4n) is 1.73. The third kappa shape index (κ3) is 1.75. The summed E-state index contributed by atoms with van der Waals surface area (Å²) < 4.78 is 6.70. The SMILES string of the molecule is Cc1noc(C)c1C(C)Nc1nnnn1C. The number of rotatable bonds is 3. The number of tetrazole rings is 1. The Kier molecular flexibility index (Phi) is 2.59. The van der Waals surface area contributed by atoms with Gasteiger partial charge in [0.15, 0.2) is 0 Å². The molecule has 7 nitrogen and oxygen atoms in total. The van der Waals surface area contributed by atoms with Crippen molar-refractivity contribution < 1.29 is 4.52 Å². The number of hydrogen-bond donors (Lipinski definition) is 1. The molecule has 0 bridgehead atoms. The molecule has 1 N–H and O–H groups in total. The minimum absolute atomic E-state index is 0.0518. The zero-order chi connectivity index (χ0) is 11.7. The number of aromatic nitrogens is 5. The minimum Gasteiger partial charge on any atom is -0.361 e. The highest BCUT2D eigenvalue weighted by atomic mass is 16.5. The topological polar surface area (TPSA) is 81.7 Å². The Labute approximate surface area is 92.8 Å². The van der Waals surface area contributed by atoms with Gasteiger partial charge >= 0.3 is 0 Å². The predicted molar refractivity (Wildman–Crippen MR) is 56.8 cm³/mol. The zero-order valence-electron chi connectivity index (χ0n) is 9.72. The van der Waals surface area contributed by atoms with Crippen molar-refractivity contribution in [2.45, 2.75) is 26.8 Å². The first-order valence-electron chi connectivity index (χ1n) is 5.01. The Bertz CT molecular complexity index is 468. The molecular weight excluding hydrogens is 208 g/mol. The molecule has 1 unspecified atom stereocenters. The van der Waals surface area contributed by atoms with Crippen molar-refractivity contribution in [2.75, 3.05) is 5.32 Å². The first-order chi connectivity index (χ1) is 7.59. The molecule has 0 fully saturated rings. The molecule has 2 rings (SSSR count). The highest BCUT2D eigenvalue weighted by Gasteiger charge is 2.17. The average Bonchev–Trinajstić information content (AvgIpc) is 2.75. The maximum atomic E-state index is 5.12. The summed E-state index contributed by atoms with van der Waals surface area (Å²) in [6.07, 6.45) is 0. The van der Waals surface area contributed by atoms with Gasteiger partial charge in [0, 0.05) is 12.6 Å². The first kappa shape index (κ1) is 10.6. The van der Waals surface area contributed by atoms with Crippen LogP contribution in [-0.2, 0) is 7.05 Å². The van der Waals surface area contributed by atoms with E-state index in [-0.39, 0.29) is 6.04 Å². The van der Waals surface area contributed by atoms with Crippen molar-refractivity contribution >= 4 is 5.95 Å². The number of anilines is 1. The molecule has 0 saturated carbocycles. The van der Waals surface area contributed by atoms with E-state index in [0.717, 1.165) is 17.0 Å². The molecule has 86 valence electrons. The van der Waals surface area contributed by atoms with E-state index in [9.17, 15) is 0 Å². The monoisotopic (exact) mass is 222 g/mol. The van der Waals surface area contributed by atoms with Gasteiger partial charge in [0.25, 0.3) is 0 Å². The maximum Gasteiger partial charge on any atom is 0.243 e. The van der Waals surface area contributed by atoms with E-state index in [2.05, 4.69) is 26.0 Å². The summed E-state index contributed by atoms with van der Waals surface area (Å²) in [7, 11) is 1.78. The van der Waals surface area contributed by atoms with E-state index < -0.39 is 0 Å². The Morgan fingerprint density at radius 3 is 2.62 bits per heavy atom. The predicted octanol–water partition coefficient (Wildman–Crippen LogP) is 0.988. The molecule has 1 atom stereocenters. The fourth-order valence-corrected chi connectivity index (χ4v) is 1.73. The second-order valence-corrected chi connectivity index (χ2v) is 3.73. The van der Waals surface area contributed by atoms with Crippen molar-refractivity contribution in [3.63, 3.8) is 0 Å². The molecule has 0 radical (unpaired) electrons. The summed E-state index contributed by atoms with van der Waals surface area (Å²) in [4.78, 5) is 0. The normalized spacial score (nSPS) is 12.8. The van der Waals surface area contributed by atoms with E-state index in [4.69, 9.17) is 4.52 Å². The Morgan fingerprint density at radius 1 is 1.38 bits per heavy atom. The van der Waals surface area contributed by atoms with Crippen LogP contribution in [0.25, 0.3) is 0 Å².